The van der Waals surface area contributed by atoms with Gasteiger partial charge in [-0.2, -0.15) is 0 Å². The van der Waals surface area contributed by atoms with Crippen molar-refractivity contribution < 1.29 is 14.8 Å². The lowest BCUT2D eigenvalue weighted by Crippen LogP contribution is -2.09. The summed E-state index contributed by atoms with van der Waals surface area (Å²) in [6, 6.07) is 14.4. The first-order valence-corrected chi connectivity index (χ1v) is 7.23. The number of hydrogen-bond donors (Lipinski definition) is 2. The second kappa shape index (κ2) is 7.93. The standard InChI is InChI=1S/C16H21BO3/c18-17(19)11-5-1-2-6-12-20-16-10-9-14-7-3-4-8-15(14)13-16/h3-4,7-10,13,18-19H,1-2,5-6,11-12H2. The molecule has 0 fully saturated rings. The third-order valence-electron chi connectivity index (χ3n) is 3.35. The van der Waals surface area contributed by atoms with Crippen molar-refractivity contribution in [2.24, 2.45) is 0 Å². The molecule has 2 N–H and O–H groups in total. The molecule has 0 unspecified atom stereocenters. The van der Waals surface area contributed by atoms with Crippen molar-refractivity contribution in [3.05, 3.63) is 42.5 Å². The maximum atomic E-state index is 8.72. The van der Waals surface area contributed by atoms with Gasteiger partial charge in [-0.1, -0.05) is 49.6 Å². The largest absolute Gasteiger partial charge is 0.494 e. The highest BCUT2D eigenvalue weighted by Crippen LogP contribution is 2.20. The fourth-order valence-corrected chi connectivity index (χ4v) is 2.23. The zero-order valence-electron chi connectivity index (χ0n) is 11.7. The molecule has 106 valence electrons. The van der Waals surface area contributed by atoms with E-state index in [-0.39, 0.29) is 0 Å². The van der Waals surface area contributed by atoms with Crippen molar-refractivity contribution >= 4 is 17.9 Å². The first-order chi connectivity index (χ1) is 9.75. The van der Waals surface area contributed by atoms with Crippen LogP contribution in [0.25, 0.3) is 10.8 Å². The molecule has 0 amide bonds. The summed E-state index contributed by atoms with van der Waals surface area (Å²) >= 11 is 0. The Kier molecular flexibility index (Phi) is 5.90. The van der Waals surface area contributed by atoms with E-state index >= 15 is 0 Å². The number of ether oxygens (including phenoxy) is 1. The Hall–Kier alpha value is -1.52. The van der Waals surface area contributed by atoms with E-state index in [1.54, 1.807) is 0 Å². The maximum Gasteiger partial charge on any atom is 0.451 e. The van der Waals surface area contributed by atoms with E-state index in [2.05, 4.69) is 24.3 Å². The minimum Gasteiger partial charge on any atom is -0.494 e. The predicted octanol–water partition coefficient (Wildman–Crippen LogP) is 3.25. The number of benzene rings is 2. The van der Waals surface area contributed by atoms with Gasteiger partial charge in [0.25, 0.3) is 0 Å². The summed E-state index contributed by atoms with van der Waals surface area (Å²) < 4.78 is 5.74. The highest BCUT2D eigenvalue weighted by molar-refractivity contribution is 6.40. The molecule has 0 spiro atoms. The summed E-state index contributed by atoms with van der Waals surface area (Å²) in [5.74, 6) is 0.912. The second-order valence-electron chi connectivity index (χ2n) is 5.04. The Morgan fingerprint density at radius 1 is 0.850 bits per heavy atom. The molecule has 0 saturated carbocycles. The van der Waals surface area contributed by atoms with E-state index in [9.17, 15) is 0 Å². The van der Waals surface area contributed by atoms with Crippen molar-refractivity contribution in [1.29, 1.82) is 0 Å². The SMILES string of the molecule is OB(O)CCCCCCOc1ccc2ccccc2c1. The zero-order chi connectivity index (χ0) is 14.2. The zero-order valence-corrected chi connectivity index (χ0v) is 11.7. The number of hydrogen-bond acceptors (Lipinski definition) is 3. The van der Waals surface area contributed by atoms with Crippen LogP contribution in [-0.4, -0.2) is 23.8 Å². The van der Waals surface area contributed by atoms with Crippen LogP contribution in [0.15, 0.2) is 42.5 Å². The predicted molar refractivity (Wildman–Crippen MR) is 82.9 cm³/mol. The summed E-state index contributed by atoms with van der Waals surface area (Å²) in [4.78, 5) is 0. The number of unbranched alkanes of at least 4 members (excludes halogenated alkanes) is 3. The van der Waals surface area contributed by atoms with Crippen LogP contribution in [-0.2, 0) is 0 Å². The van der Waals surface area contributed by atoms with E-state index in [1.807, 2.05) is 18.2 Å². The molecule has 0 bridgehead atoms. The maximum absolute atomic E-state index is 8.72. The molecular weight excluding hydrogens is 251 g/mol. The van der Waals surface area contributed by atoms with E-state index in [0.717, 1.165) is 31.4 Å². The minimum absolute atomic E-state index is 0.464. The normalized spacial score (nSPS) is 10.7. The van der Waals surface area contributed by atoms with Crippen molar-refractivity contribution in [2.45, 2.75) is 32.0 Å². The molecule has 0 radical (unpaired) electrons. The van der Waals surface area contributed by atoms with E-state index in [0.29, 0.717) is 12.9 Å². The summed E-state index contributed by atoms with van der Waals surface area (Å²) in [7, 11) is -1.16. The molecule has 2 rings (SSSR count). The summed E-state index contributed by atoms with van der Waals surface area (Å²) in [6.07, 6.45) is 4.38. The molecule has 4 heteroatoms. The average Bonchev–Trinajstić information content (AvgIpc) is 2.46. The van der Waals surface area contributed by atoms with Gasteiger partial charge in [-0.3, -0.25) is 0 Å². The van der Waals surface area contributed by atoms with Crippen LogP contribution in [0.3, 0.4) is 0 Å². The third-order valence-corrected chi connectivity index (χ3v) is 3.35. The fourth-order valence-electron chi connectivity index (χ4n) is 2.23. The number of rotatable bonds is 8. The van der Waals surface area contributed by atoms with Gasteiger partial charge in [0.2, 0.25) is 0 Å². The molecule has 0 aliphatic heterocycles. The monoisotopic (exact) mass is 272 g/mol. The van der Waals surface area contributed by atoms with Crippen molar-refractivity contribution in [3.63, 3.8) is 0 Å². The van der Waals surface area contributed by atoms with Gasteiger partial charge in [0, 0.05) is 0 Å². The van der Waals surface area contributed by atoms with Crippen LogP contribution in [0.4, 0.5) is 0 Å². The first kappa shape index (κ1) is 14.9. The lowest BCUT2D eigenvalue weighted by Gasteiger charge is -2.07. The highest BCUT2D eigenvalue weighted by Gasteiger charge is 2.04. The van der Waals surface area contributed by atoms with E-state index < -0.39 is 7.12 Å². The van der Waals surface area contributed by atoms with Crippen molar-refractivity contribution in [1.82, 2.24) is 0 Å². The molecule has 0 saturated heterocycles. The van der Waals surface area contributed by atoms with Crippen LogP contribution >= 0.6 is 0 Å². The van der Waals surface area contributed by atoms with Crippen LogP contribution in [0.1, 0.15) is 25.7 Å². The Morgan fingerprint density at radius 2 is 1.60 bits per heavy atom. The van der Waals surface area contributed by atoms with Crippen molar-refractivity contribution in [2.75, 3.05) is 6.61 Å². The average molecular weight is 272 g/mol. The molecule has 3 nitrogen and oxygen atoms in total. The highest BCUT2D eigenvalue weighted by atomic mass is 16.5. The first-order valence-electron chi connectivity index (χ1n) is 7.23. The molecular formula is C16H21BO3. The summed E-state index contributed by atoms with van der Waals surface area (Å²) in [5.41, 5.74) is 0. The fraction of sp³-hybridized carbons (Fsp3) is 0.375. The molecule has 0 heterocycles. The Bertz CT molecular complexity index is 528. The van der Waals surface area contributed by atoms with Crippen LogP contribution in [0, 0.1) is 0 Å². The van der Waals surface area contributed by atoms with E-state index in [4.69, 9.17) is 14.8 Å². The Morgan fingerprint density at radius 3 is 2.40 bits per heavy atom. The van der Waals surface area contributed by atoms with Crippen LogP contribution in [0.2, 0.25) is 6.32 Å². The second-order valence-corrected chi connectivity index (χ2v) is 5.04. The molecule has 2 aromatic rings. The van der Waals surface area contributed by atoms with Gasteiger partial charge in [0.15, 0.2) is 0 Å². The van der Waals surface area contributed by atoms with Crippen LogP contribution in [0.5, 0.6) is 5.75 Å². The number of fused-ring (bicyclic) bond motifs is 1. The van der Waals surface area contributed by atoms with Gasteiger partial charge in [-0.05, 0) is 35.6 Å². The quantitative estimate of drug-likeness (QED) is 0.573. The van der Waals surface area contributed by atoms with Gasteiger partial charge in [0.05, 0.1) is 6.61 Å². The third kappa shape index (κ3) is 4.87. The molecule has 20 heavy (non-hydrogen) atoms. The lowest BCUT2D eigenvalue weighted by molar-refractivity contribution is 0.305. The van der Waals surface area contributed by atoms with E-state index in [1.165, 1.54) is 10.8 Å². The van der Waals surface area contributed by atoms with Crippen LogP contribution < -0.4 is 4.74 Å². The Balaban J connectivity index is 1.68. The molecule has 0 aliphatic carbocycles. The summed E-state index contributed by atoms with van der Waals surface area (Å²) in [5, 5.41) is 19.9. The van der Waals surface area contributed by atoms with Gasteiger partial charge >= 0.3 is 7.12 Å². The van der Waals surface area contributed by atoms with Gasteiger partial charge in [-0.25, -0.2) is 0 Å². The van der Waals surface area contributed by atoms with Gasteiger partial charge < -0.3 is 14.8 Å². The molecule has 0 aromatic heterocycles. The van der Waals surface area contributed by atoms with Gasteiger partial charge in [0.1, 0.15) is 5.75 Å². The molecule has 0 atom stereocenters. The molecule has 2 aromatic carbocycles. The van der Waals surface area contributed by atoms with Crippen molar-refractivity contribution in [3.8, 4) is 5.75 Å². The topological polar surface area (TPSA) is 49.7 Å². The smallest absolute Gasteiger partial charge is 0.451 e. The Labute approximate surface area is 120 Å². The summed E-state index contributed by atoms with van der Waals surface area (Å²) in [6.45, 7) is 0.708. The van der Waals surface area contributed by atoms with Gasteiger partial charge in [-0.15, -0.1) is 0 Å². The lowest BCUT2D eigenvalue weighted by atomic mass is 9.83. The minimum atomic E-state index is -1.16. The molecule has 0 aliphatic rings.